The Hall–Kier alpha value is -3.23. The largest absolute Gasteiger partial charge is 0.480 e. The standard InChI is InChI=1S/C16H18FN5O3/c1-9(21-16(18)25-3)11-6-10(4-5-12(11)17)22-15(23)13-7-20-14(24-2)8-19-13/h4-9H,1-3H3,(H2,18,21)(H,22,23). The van der Waals surface area contributed by atoms with Crippen molar-refractivity contribution in [3.8, 4) is 5.88 Å². The van der Waals surface area contributed by atoms with Crippen molar-refractivity contribution in [3.63, 3.8) is 0 Å². The molecule has 0 radical (unpaired) electrons. The minimum absolute atomic E-state index is 0.0603. The van der Waals surface area contributed by atoms with Crippen molar-refractivity contribution in [1.29, 1.82) is 0 Å². The number of rotatable bonds is 5. The lowest BCUT2D eigenvalue weighted by Crippen LogP contribution is -2.16. The van der Waals surface area contributed by atoms with Gasteiger partial charge in [-0.25, -0.2) is 19.4 Å². The van der Waals surface area contributed by atoms with Gasteiger partial charge in [0.2, 0.25) is 5.88 Å². The summed E-state index contributed by atoms with van der Waals surface area (Å²) in [5.74, 6) is -0.661. The summed E-state index contributed by atoms with van der Waals surface area (Å²) in [7, 11) is 2.82. The molecule has 1 unspecified atom stereocenters. The van der Waals surface area contributed by atoms with Crippen LogP contribution < -0.4 is 15.8 Å². The molecule has 9 heteroatoms. The van der Waals surface area contributed by atoms with Crippen LogP contribution in [0.1, 0.15) is 29.0 Å². The van der Waals surface area contributed by atoms with Crippen molar-refractivity contribution in [1.82, 2.24) is 9.97 Å². The summed E-state index contributed by atoms with van der Waals surface area (Å²) in [4.78, 5) is 24.0. The molecule has 132 valence electrons. The van der Waals surface area contributed by atoms with Crippen LogP contribution in [-0.4, -0.2) is 36.1 Å². The highest BCUT2D eigenvalue weighted by molar-refractivity contribution is 6.02. The molecule has 0 aliphatic heterocycles. The van der Waals surface area contributed by atoms with Crippen molar-refractivity contribution in [3.05, 3.63) is 47.7 Å². The SMILES string of the molecule is CO/C(N)=N/C(C)c1cc(NC(=O)c2cnc(OC)cn2)ccc1F. The van der Waals surface area contributed by atoms with Gasteiger partial charge in [0.1, 0.15) is 11.5 Å². The minimum Gasteiger partial charge on any atom is -0.480 e. The molecular formula is C16H18FN5O3. The molecule has 0 bridgehead atoms. The molecule has 2 aromatic rings. The van der Waals surface area contributed by atoms with Gasteiger partial charge in [-0.15, -0.1) is 0 Å². The molecule has 8 nitrogen and oxygen atoms in total. The topological polar surface area (TPSA) is 112 Å². The second-order valence-electron chi connectivity index (χ2n) is 4.98. The van der Waals surface area contributed by atoms with Crippen LogP contribution in [0.5, 0.6) is 5.88 Å². The van der Waals surface area contributed by atoms with Gasteiger partial charge in [-0.2, -0.15) is 0 Å². The van der Waals surface area contributed by atoms with Crippen LogP contribution in [0, 0.1) is 5.82 Å². The first-order chi connectivity index (χ1) is 11.9. The number of aliphatic imine (C=N–C) groups is 1. The summed E-state index contributed by atoms with van der Waals surface area (Å²) in [5, 5.41) is 2.63. The van der Waals surface area contributed by atoms with E-state index in [1.165, 1.54) is 44.8 Å². The summed E-state index contributed by atoms with van der Waals surface area (Å²) in [6.45, 7) is 1.66. The van der Waals surface area contributed by atoms with Crippen molar-refractivity contribution in [2.24, 2.45) is 10.7 Å². The van der Waals surface area contributed by atoms with Crippen LogP contribution in [0.4, 0.5) is 10.1 Å². The molecule has 0 aliphatic carbocycles. The molecule has 0 fully saturated rings. The summed E-state index contributed by atoms with van der Waals surface area (Å²) in [6.07, 6.45) is 2.61. The maximum absolute atomic E-state index is 14.0. The fourth-order valence-corrected chi connectivity index (χ4v) is 1.99. The van der Waals surface area contributed by atoms with E-state index < -0.39 is 17.8 Å². The zero-order valence-electron chi connectivity index (χ0n) is 14.0. The summed E-state index contributed by atoms with van der Waals surface area (Å²) in [5.41, 5.74) is 6.24. The molecule has 1 aromatic carbocycles. The van der Waals surface area contributed by atoms with Crippen LogP contribution in [0.15, 0.2) is 35.6 Å². The van der Waals surface area contributed by atoms with E-state index in [-0.39, 0.29) is 17.3 Å². The Morgan fingerprint density at radius 2 is 2.08 bits per heavy atom. The zero-order chi connectivity index (χ0) is 18.4. The number of hydrogen-bond acceptors (Lipinski definition) is 6. The number of amides is 1. The monoisotopic (exact) mass is 347 g/mol. The van der Waals surface area contributed by atoms with Crippen LogP contribution in [-0.2, 0) is 4.74 Å². The number of nitrogens with zero attached hydrogens (tertiary/aromatic N) is 3. The molecule has 0 aliphatic rings. The van der Waals surface area contributed by atoms with Gasteiger partial charge in [0.15, 0.2) is 0 Å². The number of amidine groups is 1. The van der Waals surface area contributed by atoms with Crippen molar-refractivity contribution in [2.75, 3.05) is 19.5 Å². The predicted molar refractivity (Wildman–Crippen MR) is 90.0 cm³/mol. The lowest BCUT2D eigenvalue weighted by molar-refractivity contribution is 0.102. The van der Waals surface area contributed by atoms with E-state index in [0.29, 0.717) is 11.6 Å². The number of nitrogens with one attached hydrogen (secondary N) is 1. The Bertz CT molecular complexity index is 780. The molecule has 3 N–H and O–H groups in total. The van der Waals surface area contributed by atoms with E-state index in [4.69, 9.17) is 15.2 Å². The Morgan fingerprint density at radius 1 is 1.32 bits per heavy atom. The Labute approximate surface area is 143 Å². The molecule has 0 saturated carbocycles. The molecule has 1 aromatic heterocycles. The molecule has 1 amide bonds. The number of carbonyl (C=O) groups excluding carboxylic acids is 1. The third-order valence-corrected chi connectivity index (χ3v) is 3.30. The van der Waals surface area contributed by atoms with E-state index in [1.54, 1.807) is 6.92 Å². The lowest BCUT2D eigenvalue weighted by atomic mass is 10.1. The molecule has 1 heterocycles. The quantitative estimate of drug-likeness (QED) is 0.631. The first-order valence-corrected chi connectivity index (χ1v) is 7.28. The maximum atomic E-state index is 14.0. The van der Waals surface area contributed by atoms with Gasteiger partial charge in [0.25, 0.3) is 11.9 Å². The highest BCUT2D eigenvalue weighted by Crippen LogP contribution is 2.24. The molecule has 0 saturated heterocycles. The zero-order valence-corrected chi connectivity index (χ0v) is 14.0. The van der Waals surface area contributed by atoms with E-state index in [1.807, 2.05) is 0 Å². The van der Waals surface area contributed by atoms with Crippen LogP contribution in [0.3, 0.4) is 0 Å². The fourth-order valence-electron chi connectivity index (χ4n) is 1.99. The molecule has 0 spiro atoms. The second-order valence-corrected chi connectivity index (χ2v) is 4.98. The number of halogens is 1. The second kappa shape index (κ2) is 8.04. The van der Waals surface area contributed by atoms with Crippen LogP contribution in [0.25, 0.3) is 0 Å². The minimum atomic E-state index is -0.586. The third-order valence-electron chi connectivity index (χ3n) is 3.30. The van der Waals surface area contributed by atoms with Gasteiger partial charge in [0, 0.05) is 11.3 Å². The summed E-state index contributed by atoms with van der Waals surface area (Å²) >= 11 is 0. The van der Waals surface area contributed by atoms with E-state index in [9.17, 15) is 9.18 Å². The first-order valence-electron chi connectivity index (χ1n) is 7.28. The summed E-state index contributed by atoms with van der Waals surface area (Å²) < 4.78 is 23.7. The number of carbonyl (C=O) groups is 1. The normalized spacial score (nSPS) is 12.4. The number of aromatic nitrogens is 2. The number of anilines is 1. The van der Waals surface area contributed by atoms with E-state index in [2.05, 4.69) is 20.3 Å². The van der Waals surface area contributed by atoms with Gasteiger partial charge in [-0.3, -0.25) is 4.79 Å². The third kappa shape index (κ3) is 4.63. The van der Waals surface area contributed by atoms with Crippen LogP contribution in [0.2, 0.25) is 0 Å². The Kier molecular flexibility index (Phi) is 5.83. The average molecular weight is 347 g/mol. The fraction of sp³-hybridized carbons (Fsp3) is 0.250. The molecular weight excluding hydrogens is 329 g/mol. The number of nitrogens with two attached hydrogens (primary N) is 1. The maximum Gasteiger partial charge on any atom is 0.282 e. The number of benzene rings is 1. The lowest BCUT2D eigenvalue weighted by Gasteiger charge is -2.12. The van der Waals surface area contributed by atoms with Crippen molar-refractivity contribution in [2.45, 2.75) is 13.0 Å². The Morgan fingerprint density at radius 3 is 2.68 bits per heavy atom. The number of ether oxygens (including phenoxy) is 2. The van der Waals surface area contributed by atoms with Gasteiger partial charge in [-0.1, -0.05) is 0 Å². The summed E-state index contributed by atoms with van der Waals surface area (Å²) in [6, 6.07) is 3.50. The van der Waals surface area contributed by atoms with E-state index in [0.717, 1.165) is 0 Å². The van der Waals surface area contributed by atoms with Crippen molar-refractivity contribution >= 4 is 17.6 Å². The smallest absolute Gasteiger partial charge is 0.282 e. The Balaban J connectivity index is 2.19. The number of hydrogen-bond donors (Lipinski definition) is 2. The highest BCUT2D eigenvalue weighted by atomic mass is 19.1. The van der Waals surface area contributed by atoms with Crippen LogP contribution >= 0.6 is 0 Å². The van der Waals surface area contributed by atoms with Gasteiger partial charge >= 0.3 is 0 Å². The highest BCUT2D eigenvalue weighted by Gasteiger charge is 2.14. The average Bonchev–Trinajstić information content (AvgIpc) is 2.63. The van der Waals surface area contributed by atoms with Gasteiger partial charge < -0.3 is 20.5 Å². The predicted octanol–water partition coefficient (Wildman–Crippen LogP) is 1.90. The van der Waals surface area contributed by atoms with E-state index >= 15 is 0 Å². The van der Waals surface area contributed by atoms with Crippen molar-refractivity contribution < 1.29 is 18.7 Å². The molecule has 2 rings (SSSR count). The van der Waals surface area contributed by atoms with Gasteiger partial charge in [-0.05, 0) is 25.1 Å². The molecule has 1 atom stereocenters. The van der Waals surface area contributed by atoms with Gasteiger partial charge in [0.05, 0.1) is 32.7 Å². The number of methoxy groups -OCH3 is 2. The first kappa shape index (κ1) is 18.1. The molecule has 25 heavy (non-hydrogen) atoms.